The lowest BCUT2D eigenvalue weighted by Gasteiger charge is -2.05. The van der Waals surface area contributed by atoms with E-state index < -0.39 is 0 Å². The lowest BCUT2D eigenvalue weighted by molar-refractivity contribution is 0.0983. The van der Waals surface area contributed by atoms with E-state index in [4.69, 9.17) is 23.2 Å². The molecule has 1 heterocycles. The molecule has 0 fully saturated rings. The summed E-state index contributed by atoms with van der Waals surface area (Å²) in [7, 11) is 0. The van der Waals surface area contributed by atoms with Crippen LogP contribution >= 0.6 is 34.5 Å². The lowest BCUT2D eigenvalue weighted by atomic mass is 10.0. The third kappa shape index (κ3) is 3.09. The van der Waals surface area contributed by atoms with E-state index in [1.807, 2.05) is 16.8 Å². The fraction of sp³-hybridized carbons (Fsp3) is 0.154. The number of rotatable bonds is 4. The van der Waals surface area contributed by atoms with E-state index in [1.165, 1.54) is 5.56 Å². The molecule has 4 heteroatoms. The van der Waals surface area contributed by atoms with Crippen LogP contribution < -0.4 is 0 Å². The van der Waals surface area contributed by atoms with Gasteiger partial charge in [0, 0.05) is 6.42 Å². The standard InChI is InChI=1S/C13H10Cl2OS/c14-10-2-1-3-11(15)13(10)12(16)5-4-9-6-7-17-8-9/h1-3,6-8H,4-5H2. The highest BCUT2D eigenvalue weighted by Crippen LogP contribution is 2.26. The summed E-state index contributed by atoms with van der Waals surface area (Å²) in [6, 6.07) is 7.13. The zero-order chi connectivity index (χ0) is 12.3. The largest absolute Gasteiger partial charge is 0.294 e. The topological polar surface area (TPSA) is 17.1 Å². The predicted molar refractivity (Wildman–Crippen MR) is 73.4 cm³/mol. The molecule has 0 radical (unpaired) electrons. The Hall–Kier alpha value is -0.830. The molecular formula is C13H10Cl2OS. The van der Waals surface area contributed by atoms with Crippen molar-refractivity contribution in [3.8, 4) is 0 Å². The Labute approximate surface area is 114 Å². The third-order valence-corrected chi connectivity index (χ3v) is 3.82. The van der Waals surface area contributed by atoms with Gasteiger partial charge < -0.3 is 0 Å². The number of Topliss-reactive ketones (excluding diaryl/α,β-unsaturated/α-hetero) is 1. The Kier molecular flexibility index (Phi) is 4.21. The second kappa shape index (κ2) is 5.67. The number of carbonyl (C=O) groups excluding carboxylic acids is 1. The number of ketones is 1. The number of thiophene rings is 1. The van der Waals surface area contributed by atoms with Crippen LogP contribution in [0.1, 0.15) is 22.3 Å². The molecule has 0 saturated carbocycles. The summed E-state index contributed by atoms with van der Waals surface area (Å²) in [4.78, 5) is 12.0. The van der Waals surface area contributed by atoms with Crippen molar-refractivity contribution in [1.29, 1.82) is 0 Å². The molecule has 0 N–H and O–H groups in total. The van der Waals surface area contributed by atoms with Crippen molar-refractivity contribution >= 4 is 40.3 Å². The van der Waals surface area contributed by atoms with Crippen molar-refractivity contribution in [3.63, 3.8) is 0 Å². The summed E-state index contributed by atoms with van der Waals surface area (Å²) >= 11 is 13.6. The van der Waals surface area contributed by atoms with Crippen LogP contribution in [0.4, 0.5) is 0 Å². The Morgan fingerprint density at radius 1 is 1.18 bits per heavy atom. The third-order valence-electron chi connectivity index (χ3n) is 2.46. The quantitative estimate of drug-likeness (QED) is 0.732. The second-order valence-corrected chi connectivity index (χ2v) is 5.25. The molecule has 2 aromatic rings. The molecule has 88 valence electrons. The summed E-state index contributed by atoms with van der Waals surface area (Å²) in [6.45, 7) is 0. The van der Waals surface area contributed by atoms with Gasteiger partial charge in [0.1, 0.15) is 0 Å². The minimum atomic E-state index is -0.00759. The van der Waals surface area contributed by atoms with E-state index in [0.717, 1.165) is 6.42 Å². The highest BCUT2D eigenvalue weighted by Gasteiger charge is 2.14. The molecular weight excluding hydrogens is 275 g/mol. The molecule has 0 aliphatic rings. The van der Waals surface area contributed by atoms with E-state index in [9.17, 15) is 4.79 Å². The van der Waals surface area contributed by atoms with E-state index >= 15 is 0 Å². The number of benzene rings is 1. The second-order valence-electron chi connectivity index (χ2n) is 3.65. The first kappa shape index (κ1) is 12.6. The summed E-state index contributed by atoms with van der Waals surface area (Å²) in [6.07, 6.45) is 1.16. The van der Waals surface area contributed by atoms with Gasteiger partial charge in [-0.05, 0) is 40.9 Å². The molecule has 0 saturated heterocycles. The fourth-order valence-electron chi connectivity index (χ4n) is 1.58. The van der Waals surface area contributed by atoms with Crippen molar-refractivity contribution < 1.29 is 4.79 Å². The molecule has 0 atom stereocenters. The molecule has 0 aliphatic heterocycles. The van der Waals surface area contributed by atoms with Crippen LogP contribution in [0.2, 0.25) is 10.0 Å². The van der Waals surface area contributed by atoms with Crippen LogP contribution in [0.25, 0.3) is 0 Å². The normalized spacial score (nSPS) is 10.5. The highest BCUT2D eigenvalue weighted by atomic mass is 35.5. The van der Waals surface area contributed by atoms with E-state index in [0.29, 0.717) is 22.0 Å². The number of halogens is 2. The maximum absolute atomic E-state index is 12.0. The van der Waals surface area contributed by atoms with Crippen LogP contribution in [-0.2, 0) is 6.42 Å². The number of carbonyl (C=O) groups is 1. The number of hydrogen-bond donors (Lipinski definition) is 0. The van der Waals surface area contributed by atoms with Crippen molar-refractivity contribution in [2.75, 3.05) is 0 Å². The molecule has 0 aliphatic carbocycles. The van der Waals surface area contributed by atoms with Crippen molar-refractivity contribution in [2.45, 2.75) is 12.8 Å². The van der Waals surface area contributed by atoms with Crippen LogP contribution in [-0.4, -0.2) is 5.78 Å². The van der Waals surface area contributed by atoms with Crippen molar-refractivity contribution in [2.24, 2.45) is 0 Å². The van der Waals surface area contributed by atoms with Crippen molar-refractivity contribution in [3.05, 3.63) is 56.2 Å². The first-order valence-electron chi connectivity index (χ1n) is 5.17. The average Bonchev–Trinajstić information content (AvgIpc) is 2.79. The Morgan fingerprint density at radius 3 is 2.47 bits per heavy atom. The smallest absolute Gasteiger partial charge is 0.166 e. The van der Waals surface area contributed by atoms with Gasteiger partial charge >= 0.3 is 0 Å². The van der Waals surface area contributed by atoms with Crippen LogP contribution in [0.3, 0.4) is 0 Å². The van der Waals surface area contributed by atoms with Crippen LogP contribution in [0.5, 0.6) is 0 Å². The van der Waals surface area contributed by atoms with E-state index in [1.54, 1.807) is 29.5 Å². The van der Waals surface area contributed by atoms with Crippen LogP contribution in [0.15, 0.2) is 35.0 Å². The van der Waals surface area contributed by atoms with E-state index in [-0.39, 0.29) is 5.78 Å². The zero-order valence-electron chi connectivity index (χ0n) is 8.95. The van der Waals surface area contributed by atoms with Crippen molar-refractivity contribution in [1.82, 2.24) is 0 Å². The minimum Gasteiger partial charge on any atom is -0.294 e. The van der Waals surface area contributed by atoms with Gasteiger partial charge in [-0.3, -0.25) is 4.79 Å². The molecule has 0 spiro atoms. The molecule has 1 aromatic heterocycles. The zero-order valence-corrected chi connectivity index (χ0v) is 11.3. The fourth-order valence-corrected chi connectivity index (χ4v) is 2.89. The van der Waals surface area contributed by atoms with Gasteiger partial charge in [0.15, 0.2) is 5.78 Å². The van der Waals surface area contributed by atoms with Gasteiger partial charge in [0.2, 0.25) is 0 Å². The SMILES string of the molecule is O=C(CCc1ccsc1)c1c(Cl)cccc1Cl. The monoisotopic (exact) mass is 284 g/mol. The lowest BCUT2D eigenvalue weighted by Crippen LogP contribution is -2.02. The minimum absolute atomic E-state index is 0.00759. The molecule has 17 heavy (non-hydrogen) atoms. The summed E-state index contributed by atoms with van der Waals surface area (Å²) in [5, 5.41) is 4.89. The molecule has 2 rings (SSSR count). The van der Waals surface area contributed by atoms with E-state index in [2.05, 4.69) is 0 Å². The van der Waals surface area contributed by atoms with Gasteiger partial charge in [-0.1, -0.05) is 29.3 Å². The highest BCUT2D eigenvalue weighted by molar-refractivity contribution is 7.07. The van der Waals surface area contributed by atoms with Gasteiger partial charge in [-0.25, -0.2) is 0 Å². The number of hydrogen-bond acceptors (Lipinski definition) is 2. The molecule has 0 bridgehead atoms. The van der Waals surface area contributed by atoms with Gasteiger partial charge in [0.25, 0.3) is 0 Å². The Balaban J connectivity index is 2.10. The maximum Gasteiger partial charge on any atom is 0.166 e. The summed E-state index contributed by atoms with van der Waals surface area (Å²) in [5.74, 6) is -0.00759. The van der Waals surface area contributed by atoms with Gasteiger partial charge in [-0.15, -0.1) is 0 Å². The predicted octanol–water partition coefficient (Wildman–Crippen LogP) is 4.87. The van der Waals surface area contributed by atoms with Gasteiger partial charge in [-0.2, -0.15) is 11.3 Å². The van der Waals surface area contributed by atoms with Crippen LogP contribution in [0, 0.1) is 0 Å². The number of aryl methyl sites for hydroxylation is 1. The first-order chi connectivity index (χ1) is 8.18. The first-order valence-corrected chi connectivity index (χ1v) is 6.86. The summed E-state index contributed by atoms with van der Waals surface area (Å²) < 4.78 is 0. The summed E-state index contributed by atoms with van der Waals surface area (Å²) in [5.41, 5.74) is 1.61. The molecule has 0 amide bonds. The average molecular weight is 285 g/mol. The Bertz CT molecular complexity index is 500. The molecule has 0 unspecified atom stereocenters. The molecule has 1 aromatic carbocycles. The molecule has 1 nitrogen and oxygen atoms in total. The maximum atomic E-state index is 12.0. The van der Waals surface area contributed by atoms with Gasteiger partial charge in [0.05, 0.1) is 15.6 Å². The Morgan fingerprint density at radius 2 is 1.88 bits per heavy atom.